The number of benzene rings is 2. The molecule has 0 unspecified atom stereocenters. The number of nitrogens with one attached hydrogen (secondary N) is 1. The Labute approximate surface area is 153 Å². The van der Waals surface area contributed by atoms with Gasteiger partial charge in [0, 0.05) is 15.1 Å². The average Bonchev–Trinajstić information content (AvgIpc) is 2.94. The standard InChI is InChI=1S/C18H14Cl2N2OS/c1-2-14(11-7-9-12(19)10-8-11)21-22-18(23)17-16(20)13-5-3-4-6-15(13)24-17/h3-10H,2H2,1H3,(H,22,23). The summed E-state index contributed by atoms with van der Waals surface area (Å²) in [5.74, 6) is -0.305. The van der Waals surface area contributed by atoms with Gasteiger partial charge in [-0.1, -0.05) is 60.5 Å². The number of hydrogen-bond donors (Lipinski definition) is 1. The second-order valence-corrected chi connectivity index (χ2v) is 6.97. The maximum Gasteiger partial charge on any atom is 0.283 e. The molecule has 0 aliphatic rings. The first-order valence-corrected chi connectivity index (χ1v) is 8.97. The van der Waals surface area contributed by atoms with Crippen LogP contribution < -0.4 is 5.43 Å². The summed E-state index contributed by atoms with van der Waals surface area (Å²) in [5, 5.41) is 6.26. The zero-order chi connectivity index (χ0) is 17.1. The summed E-state index contributed by atoms with van der Waals surface area (Å²) in [4.78, 5) is 12.9. The summed E-state index contributed by atoms with van der Waals surface area (Å²) in [6.07, 6.45) is 0.683. The van der Waals surface area contributed by atoms with Crippen molar-refractivity contribution >= 4 is 56.2 Å². The Morgan fingerprint density at radius 2 is 1.83 bits per heavy atom. The molecule has 2 aromatic carbocycles. The molecule has 0 saturated heterocycles. The van der Waals surface area contributed by atoms with E-state index in [-0.39, 0.29) is 5.91 Å². The number of nitrogens with zero attached hydrogens (tertiary/aromatic N) is 1. The zero-order valence-electron chi connectivity index (χ0n) is 12.8. The van der Waals surface area contributed by atoms with Crippen LogP contribution in [0.5, 0.6) is 0 Å². The van der Waals surface area contributed by atoms with Crippen LogP contribution in [0.25, 0.3) is 10.1 Å². The Balaban J connectivity index is 1.84. The molecule has 1 aromatic heterocycles. The van der Waals surface area contributed by atoms with Crippen molar-refractivity contribution in [2.45, 2.75) is 13.3 Å². The smallest absolute Gasteiger partial charge is 0.266 e. The van der Waals surface area contributed by atoms with E-state index in [0.29, 0.717) is 21.3 Å². The molecule has 122 valence electrons. The molecule has 0 spiro atoms. The average molecular weight is 377 g/mol. The van der Waals surface area contributed by atoms with Gasteiger partial charge in [0.25, 0.3) is 5.91 Å². The van der Waals surface area contributed by atoms with Crippen LogP contribution in [0.15, 0.2) is 53.6 Å². The van der Waals surface area contributed by atoms with Crippen LogP contribution in [0.2, 0.25) is 10.0 Å². The molecule has 1 amide bonds. The van der Waals surface area contributed by atoms with Crippen molar-refractivity contribution in [1.29, 1.82) is 0 Å². The van der Waals surface area contributed by atoms with Crippen LogP contribution in [-0.2, 0) is 0 Å². The Morgan fingerprint density at radius 3 is 2.50 bits per heavy atom. The number of carbonyl (C=O) groups excluding carboxylic acids is 1. The lowest BCUT2D eigenvalue weighted by Crippen LogP contribution is -2.19. The van der Waals surface area contributed by atoms with Gasteiger partial charge in [0.2, 0.25) is 0 Å². The maximum absolute atomic E-state index is 12.4. The van der Waals surface area contributed by atoms with Gasteiger partial charge in [0.1, 0.15) is 4.88 Å². The van der Waals surface area contributed by atoms with Crippen LogP contribution in [0, 0.1) is 0 Å². The van der Waals surface area contributed by atoms with E-state index in [1.165, 1.54) is 11.3 Å². The summed E-state index contributed by atoms with van der Waals surface area (Å²) in [7, 11) is 0. The molecule has 6 heteroatoms. The Hall–Kier alpha value is -1.88. The molecule has 0 atom stereocenters. The van der Waals surface area contributed by atoms with Crippen molar-refractivity contribution in [1.82, 2.24) is 5.43 Å². The lowest BCUT2D eigenvalue weighted by Gasteiger charge is -2.05. The molecule has 0 aliphatic carbocycles. The Kier molecular flexibility index (Phi) is 5.19. The second-order valence-electron chi connectivity index (χ2n) is 5.10. The molecule has 0 bridgehead atoms. The molecule has 0 radical (unpaired) electrons. The lowest BCUT2D eigenvalue weighted by molar-refractivity contribution is 0.0959. The van der Waals surface area contributed by atoms with Gasteiger partial charge in [-0.3, -0.25) is 4.79 Å². The molecule has 1 heterocycles. The third-order valence-electron chi connectivity index (χ3n) is 3.55. The molecule has 3 aromatic rings. The third-order valence-corrected chi connectivity index (χ3v) is 5.47. The molecular weight excluding hydrogens is 363 g/mol. The first-order valence-electron chi connectivity index (χ1n) is 7.40. The molecule has 0 aliphatic heterocycles. The van der Waals surface area contributed by atoms with Crippen molar-refractivity contribution in [3.8, 4) is 0 Å². The third kappa shape index (κ3) is 3.46. The molecule has 0 saturated carbocycles. The fourth-order valence-electron chi connectivity index (χ4n) is 2.32. The summed E-state index contributed by atoms with van der Waals surface area (Å²) in [5.41, 5.74) is 4.30. The van der Waals surface area contributed by atoms with E-state index in [4.69, 9.17) is 23.2 Å². The van der Waals surface area contributed by atoms with E-state index < -0.39 is 0 Å². The fraction of sp³-hybridized carbons (Fsp3) is 0.111. The van der Waals surface area contributed by atoms with Crippen LogP contribution >= 0.6 is 34.5 Å². The van der Waals surface area contributed by atoms with E-state index in [0.717, 1.165) is 21.4 Å². The van der Waals surface area contributed by atoms with Crippen molar-refractivity contribution < 1.29 is 4.79 Å². The van der Waals surface area contributed by atoms with Gasteiger partial charge in [-0.2, -0.15) is 5.10 Å². The van der Waals surface area contributed by atoms with Gasteiger partial charge in [0.15, 0.2) is 0 Å². The van der Waals surface area contributed by atoms with Crippen molar-refractivity contribution in [3.05, 3.63) is 69.0 Å². The van der Waals surface area contributed by atoms with Crippen LogP contribution in [0.4, 0.5) is 0 Å². The van der Waals surface area contributed by atoms with Crippen LogP contribution in [0.3, 0.4) is 0 Å². The highest BCUT2D eigenvalue weighted by Crippen LogP contribution is 2.34. The highest BCUT2D eigenvalue weighted by molar-refractivity contribution is 7.21. The minimum Gasteiger partial charge on any atom is -0.266 e. The summed E-state index contributed by atoms with van der Waals surface area (Å²) >= 11 is 13.6. The van der Waals surface area contributed by atoms with Gasteiger partial charge in [0.05, 0.1) is 10.7 Å². The normalized spacial score (nSPS) is 11.7. The number of fused-ring (bicyclic) bond motifs is 1. The van der Waals surface area contributed by atoms with E-state index in [1.807, 2.05) is 43.3 Å². The largest absolute Gasteiger partial charge is 0.283 e. The van der Waals surface area contributed by atoms with Crippen molar-refractivity contribution in [2.75, 3.05) is 0 Å². The number of halogens is 2. The lowest BCUT2D eigenvalue weighted by atomic mass is 10.1. The molecule has 3 nitrogen and oxygen atoms in total. The molecule has 0 fully saturated rings. The second kappa shape index (κ2) is 7.34. The monoisotopic (exact) mass is 376 g/mol. The number of hydrazone groups is 1. The van der Waals surface area contributed by atoms with Crippen LogP contribution in [-0.4, -0.2) is 11.6 Å². The van der Waals surface area contributed by atoms with Gasteiger partial charge < -0.3 is 0 Å². The van der Waals surface area contributed by atoms with Gasteiger partial charge >= 0.3 is 0 Å². The fourth-order valence-corrected chi connectivity index (χ4v) is 3.85. The van der Waals surface area contributed by atoms with Gasteiger partial charge in [-0.05, 0) is 30.2 Å². The predicted octanol–water partition coefficient (Wildman–Crippen LogP) is 5.75. The molecular formula is C18H14Cl2N2OS. The van der Waals surface area contributed by atoms with E-state index in [9.17, 15) is 4.79 Å². The molecule has 24 heavy (non-hydrogen) atoms. The quantitative estimate of drug-likeness (QED) is 0.456. The van der Waals surface area contributed by atoms with Crippen LogP contribution in [0.1, 0.15) is 28.6 Å². The Bertz CT molecular complexity index is 916. The number of thiophene rings is 1. The first-order chi connectivity index (χ1) is 11.6. The SMILES string of the molecule is CCC(=NNC(=O)c1sc2ccccc2c1Cl)c1ccc(Cl)cc1. The van der Waals surface area contributed by atoms with E-state index >= 15 is 0 Å². The summed E-state index contributed by atoms with van der Waals surface area (Å²) in [6.45, 7) is 1.98. The number of carbonyl (C=O) groups is 1. The van der Waals surface area contributed by atoms with Gasteiger partial charge in [-0.15, -0.1) is 11.3 Å². The minimum absolute atomic E-state index is 0.305. The Morgan fingerprint density at radius 1 is 1.12 bits per heavy atom. The highest BCUT2D eigenvalue weighted by atomic mass is 35.5. The minimum atomic E-state index is -0.305. The van der Waals surface area contributed by atoms with Crippen molar-refractivity contribution in [2.24, 2.45) is 5.10 Å². The van der Waals surface area contributed by atoms with Gasteiger partial charge in [-0.25, -0.2) is 5.43 Å². The summed E-state index contributed by atoms with van der Waals surface area (Å²) in [6, 6.07) is 15.0. The number of amides is 1. The highest BCUT2D eigenvalue weighted by Gasteiger charge is 2.16. The van der Waals surface area contributed by atoms with E-state index in [2.05, 4.69) is 10.5 Å². The van der Waals surface area contributed by atoms with E-state index in [1.54, 1.807) is 12.1 Å². The molecule has 1 N–H and O–H groups in total. The predicted molar refractivity (Wildman–Crippen MR) is 103 cm³/mol. The number of hydrogen-bond acceptors (Lipinski definition) is 3. The maximum atomic E-state index is 12.4. The topological polar surface area (TPSA) is 41.5 Å². The number of rotatable bonds is 4. The zero-order valence-corrected chi connectivity index (χ0v) is 15.2. The first kappa shape index (κ1) is 17.0. The molecule has 3 rings (SSSR count). The summed E-state index contributed by atoms with van der Waals surface area (Å²) < 4.78 is 0.977. The van der Waals surface area contributed by atoms with Crippen molar-refractivity contribution in [3.63, 3.8) is 0 Å².